The van der Waals surface area contributed by atoms with E-state index in [2.05, 4.69) is 10.0 Å². The number of carbonyl (C=O) groups excluding carboxylic acids is 1. The van der Waals surface area contributed by atoms with Crippen molar-refractivity contribution in [2.75, 3.05) is 0 Å². The van der Waals surface area contributed by atoms with Gasteiger partial charge in [-0.05, 0) is 25.5 Å². The predicted molar refractivity (Wildman–Crippen MR) is 77.2 cm³/mol. The molecule has 6 nitrogen and oxygen atoms in total. The van der Waals surface area contributed by atoms with Crippen LogP contribution >= 0.6 is 0 Å². The van der Waals surface area contributed by atoms with Gasteiger partial charge in [0, 0.05) is 23.9 Å². The van der Waals surface area contributed by atoms with Crippen LogP contribution in [0.3, 0.4) is 0 Å². The van der Waals surface area contributed by atoms with Gasteiger partial charge in [0.2, 0.25) is 15.9 Å². The lowest BCUT2D eigenvalue weighted by Gasteiger charge is -2.29. The molecule has 2 aromatic rings. The largest absolute Gasteiger partial charge is 0.463 e. The third kappa shape index (κ3) is 2.66. The third-order valence-corrected chi connectivity index (χ3v) is 5.23. The number of rotatable bonds is 3. The molecule has 0 bridgehead atoms. The van der Waals surface area contributed by atoms with Gasteiger partial charge < -0.3 is 9.73 Å². The molecule has 1 aromatic heterocycles. The highest BCUT2D eigenvalue weighted by atomic mass is 32.2. The Balaban J connectivity index is 1.90. The molecule has 1 aromatic carbocycles. The minimum atomic E-state index is -3.70. The van der Waals surface area contributed by atoms with Crippen LogP contribution in [0.25, 0.3) is 11.0 Å². The number of furan rings is 1. The number of amides is 1. The van der Waals surface area contributed by atoms with Gasteiger partial charge in [-0.2, -0.15) is 0 Å². The quantitative estimate of drug-likeness (QED) is 0.896. The fraction of sp³-hybridized carbons (Fsp3) is 0.357. The summed E-state index contributed by atoms with van der Waals surface area (Å²) in [7, 11) is -3.70. The summed E-state index contributed by atoms with van der Waals surface area (Å²) in [6.07, 6.45) is 2.27. The first-order chi connectivity index (χ1) is 9.97. The first kappa shape index (κ1) is 14.1. The number of fused-ring (bicyclic) bond motifs is 1. The molecule has 2 heterocycles. The Morgan fingerprint density at radius 3 is 2.90 bits per heavy atom. The highest BCUT2D eigenvalue weighted by molar-refractivity contribution is 7.89. The van der Waals surface area contributed by atoms with Gasteiger partial charge in [0.05, 0.1) is 6.26 Å². The molecular weight excluding hydrogens is 292 g/mol. The van der Waals surface area contributed by atoms with Crippen LogP contribution in [0.4, 0.5) is 0 Å². The fourth-order valence-corrected chi connectivity index (χ4v) is 4.08. The molecular formula is C14H16N2O4S. The van der Waals surface area contributed by atoms with E-state index in [4.69, 9.17) is 4.42 Å². The molecule has 2 unspecified atom stereocenters. The van der Waals surface area contributed by atoms with E-state index >= 15 is 0 Å². The highest BCUT2D eigenvalue weighted by Crippen LogP contribution is 2.24. The van der Waals surface area contributed by atoms with E-state index in [0.29, 0.717) is 18.4 Å². The zero-order valence-electron chi connectivity index (χ0n) is 11.5. The van der Waals surface area contributed by atoms with Gasteiger partial charge in [0.25, 0.3) is 0 Å². The topological polar surface area (TPSA) is 88.4 Å². The van der Waals surface area contributed by atoms with Crippen LogP contribution in [-0.4, -0.2) is 26.4 Å². The summed E-state index contributed by atoms with van der Waals surface area (Å²) in [5.41, 5.74) is 0.345. The molecule has 0 spiro atoms. The number of hydrogen-bond acceptors (Lipinski definition) is 4. The monoisotopic (exact) mass is 308 g/mol. The Hall–Kier alpha value is -1.86. The molecule has 2 N–H and O–H groups in total. The average molecular weight is 308 g/mol. The van der Waals surface area contributed by atoms with Crippen LogP contribution in [0.2, 0.25) is 0 Å². The normalized spacial score (nSPS) is 23.2. The van der Waals surface area contributed by atoms with Crippen molar-refractivity contribution in [1.29, 1.82) is 0 Å². The van der Waals surface area contributed by atoms with E-state index in [0.717, 1.165) is 5.39 Å². The van der Waals surface area contributed by atoms with Crippen LogP contribution in [0.1, 0.15) is 19.8 Å². The Morgan fingerprint density at radius 1 is 1.33 bits per heavy atom. The number of sulfonamides is 1. The van der Waals surface area contributed by atoms with Crippen molar-refractivity contribution in [3.8, 4) is 0 Å². The van der Waals surface area contributed by atoms with Gasteiger partial charge in [-0.15, -0.1) is 0 Å². The maximum absolute atomic E-state index is 12.6. The summed E-state index contributed by atoms with van der Waals surface area (Å²) < 4.78 is 33.1. The molecule has 7 heteroatoms. The fourth-order valence-electron chi connectivity index (χ4n) is 2.56. The van der Waals surface area contributed by atoms with Crippen LogP contribution in [-0.2, 0) is 14.8 Å². The number of benzene rings is 1. The van der Waals surface area contributed by atoms with Crippen LogP contribution in [0, 0.1) is 0 Å². The standard InChI is InChI=1S/C14H16N2O4S/c1-9-11(5-6-13(17)15-9)16-21(18,19)12-4-2-3-10-7-8-20-14(10)12/h2-4,7-9,11,16H,5-6H2,1H3,(H,15,17). The van der Waals surface area contributed by atoms with Crippen LogP contribution in [0.5, 0.6) is 0 Å². The van der Waals surface area contributed by atoms with E-state index in [1.54, 1.807) is 25.1 Å². The molecule has 3 rings (SSSR count). The second-order valence-electron chi connectivity index (χ2n) is 5.22. The van der Waals surface area contributed by atoms with Gasteiger partial charge in [0.15, 0.2) is 5.58 Å². The predicted octanol–water partition coefficient (Wildman–Crippen LogP) is 1.38. The number of carbonyl (C=O) groups is 1. The van der Waals surface area contributed by atoms with Gasteiger partial charge in [-0.25, -0.2) is 13.1 Å². The molecule has 112 valence electrons. The molecule has 21 heavy (non-hydrogen) atoms. The van der Waals surface area contributed by atoms with Crippen molar-refractivity contribution in [2.45, 2.75) is 36.7 Å². The summed E-state index contributed by atoms with van der Waals surface area (Å²) in [6, 6.07) is 6.15. The molecule has 0 saturated carbocycles. The first-order valence-electron chi connectivity index (χ1n) is 6.75. The number of piperidine rings is 1. The molecule has 1 aliphatic heterocycles. The van der Waals surface area contributed by atoms with Crippen molar-refractivity contribution >= 4 is 26.9 Å². The lowest BCUT2D eigenvalue weighted by Crippen LogP contribution is -2.53. The lowest BCUT2D eigenvalue weighted by molar-refractivity contribution is -0.123. The van der Waals surface area contributed by atoms with E-state index in [1.807, 2.05) is 0 Å². The van der Waals surface area contributed by atoms with Crippen molar-refractivity contribution in [3.05, 3.63) is 30.5 Å². The second kappa shape index (κ2) is 5.16. The summed E-state index contributed by atoms with van der Waals surface area (Å²) in [4.78, 5) is 11.4. The number of nitrogens with one attached hydrogen (secondary N) is 2. The molecule has 0 aliphatic carbocycles. The molecule has 1 aliphatic rings. The Bertz CT molecular complexity index is 781. The zero-order valence-corrected chi connectivity index (χ0v) is 12.3. The average Bonchev–Trinajstić information content (AvgIpc) is 2.90. The van der Waals surface area contributed by atoms with E-state index in [1.165, 1.54) is 12.3 Å². The third-order valence-electron chi connectivity index (χ3n) is 3.71. The van der Waals surface area contributed by atoms with Crippen molar-refractivity contribution in [3.63, 3.8) is 0 Å². The smallest absolute Gasteiger partial charge is 0.244 e. The number of hydrogen-bond donors (Lipinski definition) is 2. The minimum absolute atomic E-state index is 0.0499. The van der Waals surface area contributed by atoms with E-state index < -0.39 is 10.0 Å². The van der Waals surface area contributed by atoms with E-state index in [-0.39, 0.29) is 22.9 Å². The second-order valence-corrected chi connectivity index (χ2v) is 6.90. The van der Waals surface area contributed by atoms with Crippen molar-refractivity contribution in [2.24, 2.45) is 0 Å². The van der Waals surface area contributed by atoms with Gasteiger partial charge >= 0.3 is 0 Å². The van der Waals surface area contributed by atoms with Crippen molar-refractivity contribution in [1.82, 2.24) is 10.0 Å². The Labute approximate surface area is 122 Å². The maximum atomic E-state index is 12.6. The van der Waals surface area contributed by atoms with Crippen molar-refractivity contribution < 1.29 is 17.6 Å². The Kier molecular flexibility index (Phi) is 3.46. The molecule has 1 saturated heterocycles. The van der Waals surface area contributed by atoms with Crippen LogP contribution in [0.15, 0.2) is 39.8 Å². The zero-order chi connectivity index (χ0) is 15.0. The van der Waals surface area contributed by atoms with Gasteiger partial charge in [0.1, 0.15) is 4.90 Å². The summed E-state index contributed by atoms with van der Waals surface area (Å²) in [5.74, 6) is -0.0499. The molecule has 1 fully saturated rings. The Morgan fingerprint density at radius 2 is 2.14 bits per heavy atom. The lowest BCUT2D eigenvalue weighted by atomic mass is 10.0. The summed E-state index contributed by atoms with van der Waals surface area (Å²) in [5, 5.41) is 3.48. The molecule has 0 radical (unpaired) electrons. The van der Waals surface area contributed by atoms with Crippen LogP contribution < -0.4 is 10.0 Å². The first-order valence-corrected chi connectivity index (χ1v) is 8.23. The van der Waals surface area contributed by atoms with E-state index in [9.17, 15) is 13.2 Å². The SMILES string of the molecule is CC1NC(=O)CCC1NS(=O)(=O)c1cccc2ccoc12. The highest BCUT2D eigenvalue weighted by Gasteiger charge is 2.30. The summed E-state index contributed by atoms with van der Waals surface area (Å²) in [6.45, 7) is 1.79. The molecule has 1 amide bonds. The van der Waals surface area contributed by atoms with Gasteiger partial charge in [-0.1, -0.05) is 12.1 Å². The van der Waals surface area contributed by atoms with Gasteiger partial charge in [-0.3, -0.25) is 4.79 Å². The molecule has 2 atom stereocenters. The maximum Gasteiger partial charge on any atom is 0.244 e. The summed E-state index contributed by atoms with van der Waals surface area (Å²) >= 11 is 0. The number of para-hydroxylation sites is 1. The minimum Gasteiger partial charge on any atom is -0.463 e.